The zero-order valence-electron chi connectivity index (χ0n) is 12.6. The van der Waals surface area contributed by atoms with Crippen LogP contribution in [0.5, 0.6) is 0 Å². The molecule has 1 aliphatic rings. The number of anilines is 1. The van der Waals surface area contributed by atoms with Crippen LogP contribution in [0.1, 0.15) is 32.0 Å². The van der Waals surface area contributed by atoms with Gasteiger partial charge in [-0.15, -0.1) is 0 Å². The van der Waals surface area contributed by atoms with Gasteiger partial charge in [0.15, 0.2) is 0 Å². The highest BCUT2D eigenvalue weighted by atomic mass is 15.1. The van der Waals surface area contributed by atoms with Gasteiger partial charge >= 0.3 is 0 Å². The van der Waals surface area contributed by atoms with Crippen molar-refractivity contribution in [2.24, 2.45) is 0 Å². The van der Waals surface area contributed by atoms with Crippen molar-refractivity contribution in [2.45, 2.75) is 32.6 Å². The van der Waals surface area contributed by atoms with Crippen LogP contribution in [0.2, 0.25) is 0 Å². The molecule has 20 heavy (non-hydrogen) atoms. The van der Waals surface area contributed by atoms with Gasteiger partial charge in [0.1, 0.15) is 6.33 Å². The van der Waals surface area contributed by atoms with Gasteiger partial charge in [0.25, 0.3) is 0 Å². The Bertz CT molecular complexity index is 646. The molecule has 0 atom stereocenters. The first-order valence-corrected chi connectivity index (χ1v) is 7.18. The van der Waals surface area contributed by atoms with Crippen LogP contribution in [0.25, 0.3) is 11.1 Å². The summed E-state index contributed by atoms with van der Waals surface area (Å²) in [4.78, 5) is 10.9. The van der Waals surface area contributed by atoms with Crippen molar-refractivity contribution in [3.05, 3.63) is 42.0 Å². The fraction of sp³-hybridized carbons (Fsp3) is 0.412. The molecule has 2 heterocycles. The van der Waals surface area contributed by atoms with E-state index < -0.39 is 0 Å². The number of nitrogens with zero attached hydrogens (tertiary/aromatic N) is 3. The van der Waals surface area contributed by atoms with Gasteiger partial charge in [0.2, 0.25) is 0 Å². The van der Waals surface area contributed by atoms with Crippen molar-refractivity contribution in [2.75, 3.05) is 18.5 Å². The Kier molecular flexibility index (Phi) is 3.00. The zero-order valence-corrected chi connectivity index (χ0v) is 12.6. The second-order valence-electron chi connectivity index (χ2n) is 6.21. The highest BCUT2D eigenvalue weighted by Crippen LogP contribution is 2.41. The molecule has 1 aliphatic heterocycles. The number of likely N-dealkylation sites (N-methyl/N-ethyl adjacent to an activating group) is 1. The van der Waals surface area contributed by atoms with Gasteiger partial charge in [-0.25, -0.2) is 9.97 Å². The summed E-state index contributed by atoms with van der Waals surface area (Å²) in [6.45, 7) is 7.81. The molecule has 0 amide bonds. The predicted molar refractivity (Wildman–Crippen MR) is 83.1 cm³/mol. The van der Waals surface area contributed by atoms with E-state index >= 15 is 0 Å². The maximum Gasteiger partial charge on any atom is 0.115 e. The third-order valence-corrected chi connectivity index (χ3v) is 4.21. The molecule has 104 valence electrons. The van der Waals surface area contributed by atoms with Crippen molar-refractivity contribution >= 4 is 5.69 Å². The number of aromatic nitrogens is 2. The number of hydrogen-bond acceptors (Lipinski definition) is 3. The minimum atomic E-state index is 0.226. The molecule has 1 aromatic carbocycles. The van der Waals surface area contributed by atoms with E-state index in [1.165, 1.54) is 16.8 Å². The minimum absolute atomic E-state index is 0.226. The monoisotopic (exact) mass is 267 g/mol. The molecular formula is C17H21N3. The topological polar surface area (TPSA) is 29.0 Å². The maximum atomic E-state index is 4.39. The first kappa shape index (κ1) is 13.1. The van der Waals surface area contributed by atoms with E-state index in [2.05, 4.69) is 60.9 Å². The van der Waals surface area contributed by atoms with Crippen molar-refractivity contribution in [3.63, 3.8) is 0 Å². The highest BCUT2D eigenvalue weighted by Gasteiger charge is 2.33. The average molecular weight is 267 g/mol. The second kappa shape index (κ2) is 4.58. The number of aryl methyl sites for hydroxylation is 1. The van der Waals surface area contributed by atoms with Gasteiger partial charge < -0.3 is 4.90 Å². The van der Waals surface area contributed by atoms with Gasteiger partial charge in [0, 0.05) is 36.5 Å². The highest BCUT2D eigenvalue weighted by molar-refractivity contribution is 5.74. The fourth-order valence-electron chi connectivity index (χ4n) is 3.23. The van der Waals surface area contributed by atoms with E-state index in [1.807, 2.05) is 6.20 Å². The summed E-state index contributed by atoms with van der Waals surface area (Å²) in [5.74, 6) is 0. The van der Waals surface area contributed by atoms with E-state index in [1.54, 1.807) is 6.33 Å². The first-order chi connectivity index (χ1) is 9.53. The summed E-state index contributed by atoms with van der Waals surface area (Å²) in [5, 5.41) is 0. The van der Waals surface area contributed by atoms with Crippen molar-refractivity contribution in [1.29, 1.82) is 0 Å². The lowest BCUT2D eigenvalue weighted by Gasteiger charge is -2.18. The SMILES string of the molecule is CCc1ncncc1-c1ccc2c(c1)N(C)CC2(C)C. The Morgan fingerprint density at radius 2 is 2.10 bits per heavy atom. The molecular weight excluding hydrogens is 246 g/mol. The molecule has 0 saturated carbocycles. The molecule has 3 heteroatoms. The van der Waals surface area contributed by atoms with E-state index in [-0.39, 0.29) is 5.41 Å². The summed E-state index contributed by atoms with van der Waals surface area (Å²) in [5.41, 5.74) is 6.46. The van der Waals surface area contributed by atoms with Gasteiger partial charge in [-0.3, -0.25) is 0 Å². The molecule has 0 saturated heterocycles. The zero-order chi connectivity index (χ0) is 14.3. The number of benzene rings is 1. The smallest absolute Gasteiger partial charge is 0.115 e. The molecule has 0 bridgehead atoms. The number of fused-ring (bicyclic) bond motifs is 1. The van der Waals surface area contributed by atoms with Crippen molar-refractivity contribution < 1.29 is 0 Å². The van der Waals surface area contributed by atoms with Crippen LogP contribution in [-0.4, -0.2) is 23.6 Å². The first-order valence-electron chi connectivity index (χ1n) is 7.18. The standard InChI is InChI=1S/C17H21N3/c1-5-15-13(9-18-11-19-15)12-6-7-14-16(8-12)20(4)10-17(14,2)3/h6-9,11H,5,10H2,1-4H3. The second-order valence-corrected chi connectivity index (χ2v) is 6.21. The molecule has 1 aromatic heterocycles. The summed E-state index contributed by atoms with van der Waals surface area (Å²) < 4.78 is 0. The molecule has 3 nitrogen and oxygen atoms in total. The average Bonchev–Trinajstić information content (AvgIpc) is 2.68. The van der Waals surface area contributed by atoms with Crippen LogP contribution >= 0.6 is 0 Å². The Morgan fingerprint density at radius 3 is 2.85 bits per heavy atom. The molecule has 0 fully saturated rings. The van der Waals surface area contributed by atoms with Gasteiger partial charge in [-0.1, -0.05) is 32.9 Å². The van der Waals surface area contributed by atoms with E-state index in [4.69, 9.17) is 0 Å². The molecule has 0 N–H and O–H groups in total. The molecule has 0 radical (unpaired) electrons. The Hall–Kier alpha value is -1.90. The van der Waals surface area contributed by atoms with Crippen LogP contribution < -0.4 is 4.90 Å². The number of hydrogen-bond donors (Lipinski definition) is 0. The van der Waals surface area contributed by atoms with Crippen LogP contribution in [0.3, 0.4) is 0 Å². The molecule has 0 spiro atoms. The third-order valence-electron chi connectivity index (χ3n) is 4.21. The van der Waals surface area contributed by atoms with Gasteiger partial charge in [0.05, 0.1) is 5.69 Å². The summed E-state index contributed by atoms with van der Waals surface area (Å²) >= 11 is 0. The molecule has 0 aliphatic carbocycles. The summed E-state index contributed by atoms with van der Waals surface area (Å²) in [6.07, 6.45) is 4.48. The molecule has 3 rings (SSSR count). The summed E-state index contributed by atoms with van der Waals surface area (Å²) in [7, 11) is 2.17. The lowest BCUT2D eigenvalue weighted by atomic mass is 9.86. The quantitative estimate of drug-likeness (QED) is 0.834. The van der Waals surface area contributed by atoms with Crippen LogP contribution in [0.4, 0.5) is 5.69 Å². The van der Waals surface area contributed by atoms with E-state index in [0.29, 0.717) is 0 Å². The van der Waals surface area contributed by atoms with Crippen LogP contribution in [0.15, 0.2) is 30.7 Å². The van der Waals surface area contributed by atoms with Gasteiger partial charge in [-0.05, 0) is 23.6 Å². The predicted octanol–water partition coefficient (Wildman–Crippen LogP) is 3.43. The Labute approximate surface area is 120 Å². The fourth-order valence-corrected chi connectivity index (χ4v) is 3.23. The third kappa shape index (κ3) is 1.98. The largest absolute Gasteiger partial charge is 0.373 e. The molecule has 2 aromatic rings. The van der Waals surface area contributed by atoms with E-state index in [0.717, 1.165) is 24.2 Å². The van der Waals surface area contributed by atoms with E-state index in [9.17, 15) is 0 Å². The summed E-state index contributed by atoms with van der Waals surface area (Å²) in [6, 6.07) is 6.75. The Balaban J connectivity index is 2.12. The van der Waals surface area contributed by atoms with Gasteiger partial charge in [-0.2, -0.15) is 0 Å². The van der Waals surface area contributed by atoms with Crippen LogP contribution in [0, 0.1) is 0 Å². The lowest BCUT2D eigenvalue weighted by molar-refractivity contribution is 0.563. The van der Waals surface area contributed by atoms with Crippen molar-refractivity contribution in [3.8, 4) is 11.1 Å². The molecule has 0 unspecified atom stereocenters. The number of rotatable bonds is 2. The minimum Gasteiger partial charge on any atom is -0.373 e. The normalized spacial score (nSPS) is 16.3. The lowest BCUT2D eigenvalue weighted by Crippen LogP contribution is -2.24. The van der Waals surface area contributed by atoms with Crippen molar-refractivity contribution in [1.82, 2.24) is 9.97 Å². The Morgan fingerprint density at radius 1 is 1.30 bits per heavy atom. The van der Waals surface area contributed by atoms with Crippen LogP contribution in [-0.2, 0) is 11.8 Å². The maximum absolute atomic E-state index is 4.39.